The SMILES string of the molecule is CC[C@](C)(N)c1nn[nH]n1. The second kappa shape index (κ2) is 2.34. The lowest BCUT2D eigenvalue weighted by molar-refractivity contribution is 0.446. The first-order valence-corrected chi connectivity index (χ1v) is 3.19. The number of rotatable bonds is 2. The maximum absolute atomic E-state index is 5.80. The molecule has 0 saturated heterocycles. The van der Waals surface area contributed by atoms with Gasteiger partial charge in [0.2, 0.25) is 0 Å². The Morgan fingerprint density at radius 3 is 2.80 bits per heavy atom. The lowest BCUT2D eigenvalue weighted by atomic mass is 10.0. The molecule has 0 radical (unpaired) electrons. The molecule has 0 saturated carbocycles. The summed E-state index contributed by atoms with van der Waals surface area (Å²) in [5, 5.41) is 13.4. The molecule has 0 aliphatic rings. The van der Waals surface area contributed by atoms with Crippen LogP contribution in [0.4, 0.5) is 0 Å². The molecule has 1 atom stereocenters. The Bertz CT molecular complexity index is 190. The van der Waals surface area contributed by atoms with Gasteiger partial charge in [-0.25, -0.2) is 0 Å². The molecule has 1 heterocycles. The fourth-order valence-corrected chi connectivity index (χ4v) is 0.562. The normalized spacial score (nSPS) is 16.7. The fourth-order valence-electron chi connectivity index (χ4n) is 0.562. The summed E-state index contributed by atoms with van der Waals surface area (Å²) in [4.78, 5) is 0. The molecular weight excluding hydrogens is 130 g/mol. The fraction of sp³-hybridized carbons (Fsp3) is 0.800. The van der Waals surface area contributed by atoms with E-state index in [2.05, 4.69) is 20.6 Å². The molecular formula is C5H11N5. The molecule has 0 fully saturated rings. The lowest BCUT2D eigenvalue weighted by Crippen LogP contribution is -2.33. The van der Waals surface area contributed by atoms with Crippen molar-refractivity contribution in [2.45, 2.75) is 25.8 Å². The highest BCUT2D eigenvalue weighted by Gasteiger charge is 2.22. The van der Waals surface area contributed by atoms with Gasteiger partial charge in [0, 0.05) is 0 Å². The van der Waals surface area contributed by atoms with Gasteiger partial charge in [-0.3, -0.25) is 0 Å². The minimum absolute atomic E-state index is 0.451. The highest BCUT2D eigenvalue weighted by molar-refractivity contribution is 4.96. The Morgan fingerprint density at radius 1 is 1.70 bits per heavy atom. The summed E-state index contributed by atoms with van der Waals surface area (Å²) >= 11 is 0. The third kappa shape index (κ3) is 1.13. The standard InChI is InChI=1S/C5H11N5/c1-3-5(2,6)4-7-9-10-8-4/h3,6H2,1-2H3,(H,7,8,9,10)/t5-/m0/s1. The average Bonchev–Trinajstić information content (AvgIpc) is 2.38. The van der Waals surface area contributed by atoms with E-state index in [4.69, 9.17) is 5.73 Å². The molecule has 0 aromatic carbocycles. The van der Waals surface area contributed by atoms with Crippen LogP contribution in [-0.4, -0.2) is 20.6 Å². The van der Waals surface area contributed by atoms with E-state index >= 15 is 0 Å². The van der Waals surface area contributed by atoms with Crippen molar-refractivity contribution >= 4 is 0 Å². The van der Waals surface area contributed by atoms with Crippen LogP contribution < -0.4 is 5.73 Å². The second-order valence-corrected chi connectivity index (χ2v) is 2.51. The van der Waals surface area contributed by atoms with Gasteiger partial charge in [0.05, 0.1) is 5.54 Å². The van der Waals surface area contributed by atoms with Crippen molar-refractivity contribution in [3.8, 4) is 0 Å². The topological polar surface area (TPSA) is 80.5 Å². The van der Waals surface area contributed by atoms with E-state index in [-0.39, 0.29) is 0 Å². The predicted octanol–water partition coefficient (Wildman–Crippen LogP) is -0.216. The van der Waals surface area contributed by atoms with Crippen molar-refractivity contribution in [3.63, 3.8) is 0 Å². The van der Waals surface area contributed by atoms with Crippen LogP contribution in [0.15, 0.2) is 0 Å². The molecule has 5 heteroatoms. The zero-order chi connectivity index (χ0) is 7.61. The molecule has 0 unspecified atom stereocenters. The third-order valence-electron chi connectivity index (χ3n) is 1.59. The second-order valence-electron chi connectivity index (χ2n) is 2.51. The summed E-state index contributed by atoms with van der Waals surface area (Å²) in [6.45, 7) is 3.86. The van der Waals surface area contributed by atoms with E-state index in [1.165, 1.54) is 0 Å². The number of aromatic amines is 1. The van der Waals surface area contributed by atoms with Crippen molar-refractivity contribution in [1.82, 2.24) is 20.6 Å². The molecule has 10 heavy (non-hydrogen) atoms. The van der Waals surface area contributed by atoms with Crippen LogP contribution in [0.3, 0.4) is 0 Å². The molecule has 0 bridgehead atoms. The van der Waals surface area contributed by atoms with Gasteiger partial charge in [-0.2, -0.15) is 5.21 Å². The van der Waals surface area contributed by atoms with Crippen LogP contribution in [0.1, 0.15) is 26.1 Å². The van der Waals surface area contributed by atoms with Crippen molar-refractivity contribution < 1.29 is 0 Å². The van der Waals surface area contributed by atoms with Crippen molar-refractivity contribution in [1.29, 1.82) is 0 Å². The highest BCUT2D eigenvalue weighted by atomic mass is 15.5. The zero-order valence-corrected chi connectivity index (χ0v) is 6.13. The van der Waals surface area contributed by atoms with E-state index in [0.29, 0.717) is 5.82 Å². The molecule has 1 aromatic rings. The van der Waals surface area contributed by atoms with Gasteiger partial charge in [0.1, 0.15) is 0 Å². The minimum Gasteiger partial charge on any atom is -0.319 e. The number of aromatic nitrogens is 4. The molecule has 0 aliphatic carbocycles. The molecule has 1 rings (SSSR count). The molecule has 3 N–H and O–H groups in total. The van der Waals surface area contributed by atoms with Crippen molar-refractivity contribution in [2.75, 3.05) is 0 Å². The Balaban J connectivity index is 2.85. The zero-order valence-electron chi connectivity index (χ0n) is 6.13. The van der Waals surface area contributed by atoms with Gasteiger partial charge < -0.3 is 5.73 Å². The van der Waals surface area contributed by atoms with E-state index in [1.54, 1.807) is 0 Å². The van der Waals surface area contributed by atoms with Gasteiger partial charge in [-0.05, 0) is 13.3 Å². The first-order valence-electron chi connectivity index (χ1n) is 3.19. The van der Waals surface area contributed by atoms with Crippen LogP contribution >= 0.6 is 0 Å². The van der Waals surface area contributed by atoms with Gasteiger partial charge in [0.15, 0.2) is 5.82 Å². The van der Waals surface area contributed by atoms with Crippen LogP contribution in [0, 0.1) is 0 Å². The van der Waals surface area contributed by atoms with Gasteiger partial charge >= 0.3 is 0 Å². The van der Waals surface area contributed by atoms with Gasteiger partial charge in [-0.1, -0.05) is 12.1 Å². The van der Waals surface area contributed by atoms with Crippen molar-refractivity contribution in [2.24, 2.45) is 5.73 Å². The maximum atomic E-state index is 5.80. The van der Waals surface area contributed by atoms with E-state index in [9.17, 15) is 0 Å². The average molecular weight is 141 g/mol. The van der Waals surface area contributed by atoms with E-state index < -0.39 is 5.54 Å². The van der Waals surface area contributed by atoms with Crippen LogP contribution in [0.2, 0.25) is 0 Å². The summed E-state index contributed by atoms with van der Waals surface area (Å²) in [6, 6.07) is 0. The first-order chi connectivity index (χ1) is 4.67. The van der Waals surface area contributed by atoms with Crippen LogP contribution in [-0.2, 0) is 5.54 Å². The number of nitrogens with one attached hydrogen (secondary N) is 1. The molecule has 0 amide bonds. The number of tetrazole rings is 1. The Hall–Kier alpha value is -0.970. The lowest BCUT2D eigenvalue weighted by Gasteiger charge is -2.16. The predicted molar refractivity (Wildman–Crippen MR) is 36.0 cm³/mol. The molecule has 1 aromatic heterocycles. The van der Waals surface area contributed by atoms with Crippen LogP contribution in [0.25, 0.3) is 0 Å². The number of hydrogen-bond acceptors (Lipinski definition) is 4. The smallest absolute Gasteiger partial charge is 0.193 e. The summed E-state index contributed by atoms with van der Waals surface area (Å²) in [5.41, 5.74) is 5.35. The monoisotopic (exact) mass is 141 g/mol. The molecule has 56 valence electrons. The number of nitrogens with two attached hydrogens (primary N) is 1. The van der Waals surface area contributed by atoms with E-state index in [0.717, 1.165) is 6.42 Å². The summed E-state index contributed by atoms with van der Waals surface area (Å²) < 4.78 is 0. The van der Waals surface area contributed by atoms with E-state index in [1.807, 2.05) is 13.8 Å². The maximum Gasteiger partial charge on any atom is 0.193 e. The highest BCUT2D eigenvalue weighted by Crippen LogP contribution is 2.14. The largest absolute Gasteiger partial charge is 0.319 e. The molecule has 0 spiro atoms. The Kier molecular flexibility index (Phi) is 1.67. The number of hydrogen-bond donors (Lipinski definition) is 2. The third-order valence-corrected chi connectivity index (χ3v) is 1.59. The van der Waals surface area contributed by atoms with Gasteiger partial charge in [-0.15, -0.1) is 10.2 Å². The Morgan fingerprint density at radius 2 is 2.40 bits per heavy atom. The summed E-state index contributed by atoms with van der Waals surface area (Å²) in [5.74, 6) is 0.565. The number of H-pyrrole nitrogens is 1. The first kappa shape index (κ1) is 7.14. The van der Waals surface area contributed by atoms with Crippen molar-refractivity contribution in [3.05, 3.63) is 5.82 Å². The Labute approximate surface area is 59.0 Å². The summed E-state index contributed by atoms with van der Waals surface area (Å²) in [7, 11) is 0. The minimum atomic E-state index is -0.451. The van der Waals surface area contributed by atoms with Crippen LogP contribution in [0.5, 0.6) is 0 Å². The quantitative estimate of drug-likeness (QED) is 0.596. The number of nitrogens with zero attached hydrogens (tertiary/aromatic N) is 3. The molecule has 0 aliphatic heterocycles. The molecule has 5 nitrogen and oxygen atoms in total. The summed E-state index contributed by atoms with van der Waals surface area (Å²) in [6.07, 6.45) is 0.798. The van der Waals surface area contributed by atoms with Gasteiger partial charge in [0.25, 0.3) is 0 Å².